The SMILES string of the molecule is c1ccc2cc(-c3nc(-c4ccc5ccc6c7ccccc7ccc6c5c4)nc(-c4cncc5oc6ccccc6c45)n3)ccc2c1. The van der Waals surface area contributed by atoms with Gasteiger partial charge in [0.05, 0.1) is 6.20 Å². The zero-order chi connectivity index (χ0) is 30.9. The Morgan fingerprint density at radius 2 is 0.979 bits per heavy atom. The number of hydrogen-bond acceptors (Lipinski definition) is 5. The standard InChI is InChI=1S/C42H24N4O/c1-2-9-28-21-29(15-13-25(28)7-1)40-44-41(46-42(45-40)36-23-43-24-38-39(36)34-11-5-6-12-37(34)47-38)30-16-14-27-18-19-32-31-10-4-3-8-26(31)17-20-33(32)35(27)22-30/h1-24H. The van der Waals surface area contributed by atoms with Crippen LogP contribution >= 0.6 is 0 Å². The van der Waals surface area contributed by atoms with Crippen LogP contribution in [0.5, 0.6) is 0 Å². The molecule has 7 aromatic carbocycles. The lowest BCUT2D eigenvalue weighted by atomic mass is 9.96. The minimum absolute atomic E-state index is 0.548. The quantitative estimate of drug-likeness (QED) is 0.189. The van der Waals surface area contributed by atoms with E-state index in [0.717, 1.165) is 43.8 Å². The second-order valence-electron chi connectivity index (χ2n) is 11.9. The second-order valence-corrected chi connectivity index (χ2v) is 11.9. The maximum Gasteiger partial charge on any atom is 0.166 e. The summed E-state index contributed by atoms with van der Waals surface area (Å²) in [6.45, 7) is 0. The topological polar surface area (TPSA) is 64.7 Å². The fraction of sp³-hybridized carbons (Fsp3) is 0. The zero-order valence-corrected chi connectivity index (χ0v) is 25.1. The van der Waals surface area contributed by atoms with Gasteiger partial charge in [-0.2, -0.15) is 0 Å². The molecule has 5 nitrogen and oxygen atoms in total. The third-order valence-electron chi connectivity index (χ3n) is 9.17. The van der Waals surface area contributed by atoms with Crippen LogP contribution in [0.3, 0.4) is 0 Å². The molecule has 47 heavy (non-hydrogen) atoms. The van der Waals surface area contributed by atoms with Gasteiger partial charge in [-0.05, 0) is 61.3 Å². The monoisotopic (exact) mass is 600 g/mol. The van der Waals surface area contributed by atoms with E-state index in [0.29, 0.717) is 23.1 Å². The first kappa shape index (κ1) is 25.8. The summed E-state index contributed by atoms with van der Waals surface area (Å²) >= 11 is 0. The predicted molar refractivity (Wildman–Crippen MR) is 191 cm³/mol. The normalized spacial score (nSPS) is 11.8. The molecule has 0 atom stereocenters. The molecule has 0 amide bonds. The van der Waals surface area contributed by atoms with Crippen molar-refractivity contribution in [2.24, 2.45) is 0 Å². The molecule has 0 spiro atoms. The summed E-state index contributed by atoms with van der Waals surface area (Å²) in [7, 11) is 0. The van der Waals surface area contributed by atoms with Gasteiger partial charge in [0, 0.05) is 33.7 Å². The number of para-hydroxylation sites is 1. The molecular weight excluding hydrogens is 576 g/mol. The second kappa shape index (κ2) is 10.0. The minimum atomic E-state index is 0.548. The van der Waals surface area contributed by atoms with Crippen molar-refractivity contribution in [3.05, 3.63) is 146 Å². The molecule has 10 aromatic rings. The Bertz CT molecular complexity index is 2870. The number of aromatic nitrogens is 4. The molecule has 0 aliphatic rings. The van der Waals surface area contributed by atoms with Crippen LogP contribution in [0, 0.1) is 0 Å². The lowest BCUT2D eigenvalue weighted by Crippen LogP contribution is -2.01. The largest absolute Gasteiger partial charge is 0.454 e. The molecule has 0 aliphatic carbocycles. The Morgan fingerprint density at radius 1 is 0.383 bits per heavy atom. The van der Waals surface area contributed by atoms with Gasteiger partial charge in [0.15, 0.2) is 23.1 Å². The van der Waals surface area contributed by atoms with Crippen molar-refractivity contribution in [1.29, 1.82) is 0 Å². The van der Waals surface area contributed by atoms with Crippen LogP contribution in [0.1, 0.15) is 0 Å². The first-order chi connectivity index (χ1) is 23.3. The first-order valence-electron chi connectivity index (χ1n) is 15.6. The number of fused-ring (bicyclic) bond motifs is 9. The molecule has 0 fully saturated rings. The van der Waals surface area contributed by atoms with E-state index >= 15 is 0 Å². The zero-order valence-electron chi connectivity index (χ0n) is 25.1. The number of pyridine rings is 1. The predicted octanol–water partition coefficient (Wildman–Crippen LogP) is 10.8. The van der Waals surface area contributed by atoms with Crippen molar-refractivity contribution in [1.82, 2.24) is 19.9 Å². The van der Waals surface area contributed by atoms with E-state index in [2.05, 4.69) is 120 Å². The van der Waals surface area contributed by atoms with E-state index in [-0.39, 0.29) is 0 Å². The van der Waals surface area contributed by atoms with Gasteiger partial charge in [-0.1, -0.05) is 115 Å². The highest BCUT2D eigenvalue weighted by molar-refractivity contribution is 6.17. The molecule has 0 unspecified atom stereocenters. The lowest BCUT2D eigenvalue weighted by molar-refractivity contribution is 0.667. The van der Waals surface area contributed by atoms with Crippen LogP contribution in [-0.2, 0) is 0 Å². The van der Waals surface area contributed by atoms with Crippen LogP contribution in [0.15, 0.2) is 150 Å². The van der Waals surface area contributed by atoms with Crippen LogP contribution in [0.2, 0.25) is 0 Å². The van der Waals surface area contributed by atoms with Crippen molar-refractivity contribution in [3.63, 3.8) is 0 Å². The molecule has 10 rings (SSSR count). The van der Waals surface area contributed by atoms with E-state index in [4.69, 9.17) is 19.4 Å². The number of nitrogens with zero attached hydrogens (tertiary/aromatic N) is 4. The molecule has 218 valence electrons. The number of furan rings is 1. The van der Waals surface area contributed by atoms with E-state index in [1.54, 1.807) is 6.20 Å². The van der Waals surface area contributed by atoms with Gasteiger partial charge < -0.3 is 4.42 Å². The Hall–Kier alpha value is -6.46. The molecule has 0 saturated carbocycles. The summed E-state index contributed by atoms with van der Waals surface area (Å²) in [5, 5.41) is 11.5. The molecule has 0 aliphatic heterocycles. The Kier molecular flexibility index (Phi) is 5.51. The molecule has 0 N–H and O–H groups in total. The van der Waals surface area contributed by atoms with Crippen molar-refractivity contribution in [3.8, 4) is 34.2 Å². The van der Waals surface area contributed by atoms with E-state index in [9.17, 15) is 0 Å². The van der Waals surface area contributed by atoms with Crippen LogP contribution in [-0.4, -0.2) is 19.9 Å². The molecule has 3 aromatic heterocycles. The highest BCUT2D eigenvalue weighted by Crippen LogP contribution is 2.37. The van der Waals surface area contributed by atoms with Gasteiger partial charge in [-0.15, -0.1) is 0 Å². The molecule has 0 saturated heterocycles. The van der Waals surface area contributed by atoms with Gasteiger partial charge in [0.2, 0.25) is 0 Å². The highest BCUT2D eigenvalue weighted by Gasteiger charge is 2.19. The maximum atomic E-state index is 6.18. The molecule has 3 heterocycles. The highest BCUT2D eigenvalue weighted by atomic mass is 16.3. The lowest BCUT2D eigenvalue weighted by Gasteiger charge is -2.11. The van der Waals surface area contributed by atoms with Gasteiger partial charge in [0.25, 0.3) is 0 Å². The fourth-order valence-electron chi connectivity index (χ4n) is 6.89. The van der Waals surface area contributed by atoms with E-state index in [1.165, 1.54) is 32.3 Å². The third kappa shape index (κ3) is 4.10. The van der Waals surface area contributed by atoms with E-state index < -0.39 is 0 Å². The summed E-state index contributed by atoms with van der Waals surface area (Å²) < 4.78 is 6.18. The molecule has 5 heteroatoms. The average molecular weight is 601 g/mol. The average Bonchev–Trinajstić information content (AvgIpc) is 3.53. The van der Waals surface area contributed by atoms with Crippen molar-refractivity contribution >= 4 is 65.0 Å². The van der Waals surface area contributed by atoms with Crippen LogP contribution < -0.4 is 0 Å². The summed E-state index contributed by atoms with van der Waals surface area (Å²) in [5.74, 6) is 1.75. The molecule has 0 radical (unpaired) electrons. The summed E-state index contributed by atoms with van der Waals surface area (Å²) in [6, 6.07) is 46.5. The van der Waals surface area contributed by atoms with Crippen molar-refractivity contribution < 1.29 is 4.42 Å². The fourth-order valence-corrected chi connectivity index (χ4v) is 6.89. The Labute approximate surface area is 268 Å². The maximum absolute atomic E-state index is 6.18. The smallest absolute Gasteiger partial charge is 0.166 e. The summed E-state index contributed by atoms with van der Waals surface area (Å²) in [5.41, 5.74) is 4.14. The van der Waals surface area contributed by atoms with Crippen LogP contribution in [0.4, 0.5) is 0 Å². The van der Waals surface area contributed by atoms with Gasteiger partial charge >= 0.3 is 0 Å². The van der Waals surface area contributed by atoms with Gasteiger partial charge in [0.1, 0.15) is 5.58 Å². The van der Waals surface area contributed by atoms with E-state index in [1.807, 2.05) is 24.4 Å². The minimum Gasteiger partial charge on any atom is -0.454 e. The first-order valence-corrected chi connectivity index (χ1v) is 15.6. The van der Waals surface area contributed by atoms with Gasteiger partial charge in [-0.25, -0.2) is 15.0 Å². The number of hydrogen-bond donors (Lipinski definition) is 0. The van der Waals surface area contributed by atoms with Crippen molar-refractivity contribution in [2.75, 3.05) is 0 Å². The number of rotatable bonds is 3. The number of benzene rings is 7. The summed E-state index contributed by atoms with van der Waals surface area (Å²) in [6.07, 6.45) is 3.58. The van der Waals surface area contributed by atoms with Crippen LogP contribution in [0.25, 0.3) is 99.2 Å². The molecular formula is C42H24N4O. The third-order valence-corrected chi connectivity index (χ3v) is 9.17. The Balaban J connectivity index is 1.24. The van der Waals surface area contributed by atoms with Gasteiger partial charge in [-0.3, -0.25) is 4.98 Å². The Morgan fingerprint density at radius 3 is 1.81 bits per heavy atom. The van der Waals surface area contributed by atoms with Crippen molar-refractivity contribution in [2.45, 2.75) is 0 Å². The summed E-state index contributed by atoms with van der Waals surface area (Å²) in [4.78, 5) is 19.9. The molecule has 0 bridgehead atoms.